The number of imidazole rings is 1. The van der Waals surface area contributed by atoms with Crippen LogP contribution in [0.25, 0.3) is 16.9 Å². The van der Waals surface area contributed by atoms with E-state index in [1.54, 1.807) is 28.5 Å². The largest absolute Gasteiger partial charge is 0.325 e. The molecule has 2 aliphatic rings. The maximum absolute atomic E-state index is 14.0. The van der Waals surface area contributed by atoms with Gasteiger partial charge in [-0.1, -0.05) is 0 Å². The van der Waals surface area contributed by atoms with E-state index in [-0.39, 0.29) is 29.2 Å². The number of fused-ring (bicyclic) bond motifs is 5. The predicted octanol–water partition coefficient (Wildman–Crippen LogP) is 4.15. The molecule has 0 unspecified atom stereocenters. The van der Waals surface area contributed by atoms with Crippen LogP contribution in [0.4, 0.5) is 13.2 Å². The van der Waals surface area contributed by atoms with E-state index in [0.717, 1.165) is 36.2 Å². The summed E-state index contributed by atoms with van der Waals surface area (Å²) in [6.07, 6.45) is 8.11. The van der Waals surface area contributed by atoms with E-state index in [1.165, 1.54) is 0 Å². The Balaban J connectivity index is 1.45. The number of benzene rings is 1. The molecule has 4 aromatic rings. The SMILES string of the molecule is Cc1cn2ccnc(C(=O)N3[C@H]4CCC[C@@H]3c3nn(C)c(-c5cc(F)c(F)c(F)c5)c3C4)c2n1. The highest BCUT2D eigenvalue weighted by atomic mass is 19.2. The number of hydrogen-bond donors (Lipinski definition) is 0. The van der Waals surface area contributed by atoms with Crippen molar-refractivity contribution in [3.8, 4) is 11.3 Å². The van der Waals surface area contributed by atoms with Crippen molar-refractivity contribution in [1.29, 1.82) is 0 Å². The summed E-state index contributed by atoms with van der Waals surface area (Å²) in [6.45, 7) is 1.86. The Hall–Kier alpha value is -3.69. The first-order valence-electron chi connectivity index (χ1n) is 11.2. The summed E-state index contributed by atoms with van der Waals surface area (Å²) < 4.78 is 44.9. The maximum atomic E-state index is 14.0. The van der Waals surface area contributed by atoms with Gasteiger partial charge in [0.25, 0.3) is 5.91 Å². The number of nitrogens with zero attached hydrogens (tertiary/aromatic N) is 6. The smallest absolute Gasteiger partial charge is 0.277 e. The molecule has 1 aromatic carbocycles. The molecular formula is C24H21F3N6O. The van der Waals surface area contributed by atoms with Crippen LogP contribution in [0.5, 0.6) is 0 Å². The lowest BCUT2D eigenvalue weighted by Gasteiger charge is -2.45. The van der Waals surface area contributed by atoms with Crippen LogP contribution in [0.3, 0.4) is 0 Å². The lowest BCUT2D eigenvalue weighted by Crippen LogP contribution is -2.50. The van der Waals surface area contributed by atoms with Gasteiger partial charge in [0, 0.05) is 42.8 Å². The highest BCUT2D eigenvalue weighted by Gasteiger charge is 2.44. The van der Waals surface area contributed by atoms with E-state index in [4.69, 9.17) is 0 Å². The van der Waals surface area contributed by atoms with Crippen molar-refractivity contribution in [3.63, 3.8) is 0 Å². The minimum absolute atomic E-state index is 0.116. The van der Waals surface area contributed by atoms with E-state index in [0.29, 0.717) is 29.9 Å². The standard InChI is InChI=1S/C24H21F3N6O/c1-12-11-32-7-6-28-21(23(32)29-12)24(34)33-14-4-3-5-18(33)20-15(10-14)22(31(2)30-20)13-8-16(25)19(27)17(26)9-13/h6-9,11,14,18H,3-5,10H2,1-2H3/t14-,18+/m0/s1. The number of hydrogen-bond acceptors (Lipinski definition) is 4. The molecule has 2 aliphatic heterocycles. The molecule has 7 nitrogen and oxygen atoms in total. The highest BCUT2D eigenvalue weighted by Crippen LogP contribution is 2.45. The maximum Gasteiger partial charge on any atom is 0.277 e. The average molecular weight is 466 g/mol. The molecule has 10 heteroatoms. The monoisotopic (exact) mass is 466 g/mol. The van der Waals surface area contributed by atoms with Gasteiger partial charge in [0.15, 0.2) is 28.8 Å². The molecule has 5 heterocycles. The molecule has 2 atom stereocenters. The van der Waals surface area contributed by atoms with E-state index >= 15 is 0 Å². The van der Waals surface area contributed by atoms with Crippen LogP contribution in [-0.2, 0) is 13.5 Å². The van der Waals surface area contributed by atoms with Crippen LogP contribution in [-0.4, -0.2) is 41.0 Å². The van der Waals surface area contributed by atoms with Crippen molar-refractivity contribution in [2.45, 2.75) is 44.7 Å². The van der Waals surface area contributed by atoms with Gasteiger partial charge in [-0.2, -0.15) is 5.10 Å². The van der Waals surface area contributed by atoms with Gasteiger partial charge in [0.1, 0.15) is 0 Å². The second kappa shape index (κ2) is 7.41. The third kappa shape index (κ3) is 2.97. The zero-order valence-electron chi connectivity index (χ0n) is 18.6. The van der Waals surface area contributed by atoms with Gasteiger partial charge >= 0.3 is 0 Å². The average Bonchev–Trinajstić information content (AvgIpc) is 3.34. The first-order valence-corrected chi connectivity index (χ1v) is 11.2. The van der Waals surface area contributed by atoms with Gasteiger partial charge in [-0.05, 0) is 44.7 Å². The van der Waals surface area contributed by atoms with Crippen molar-refractivity contribution in [2.24, 2.45) is 7.05 Å². The predicted molar refractivity (Wildman–Crippen MR) is 116 cm³/mol. The summed E-state index contributed by atoms with van der Waals surface area (Å²) in [6, 6.07) is 1.58. The molecule has 1 saturated heterocycles. The lowest BCUT2D eigenvalue weighted by atomic mass is 9.81. The second-order valence-electron chi connectivity index (χ2n) is 9.00. The van der Waals surface area contributed by atoms with Gasteiger partial charge in [-0.25, -0.2) is 23.1 Å². The number of halogens is 3. The minimum atomic E-state index is -1.50. The van der Waals surface area contributed by atoms with Crippen molar-refractivity contribution in [3.05, 3.63) is 70.8 Å². The van der Waals surface area contributed by atoms with Crippen molar-refractivity contribution >= 4 is 11.6 Å². The molecule has 6 rings (SSSR count). The van der Waals surface area contributed by atoms with Crippen molar-refractivity contribution < 1.29 is 18.0 Å². The van der Waals surface area contributed by atoms with Crippen LogP contribution in [0.15, 0.2) is 30.7 Å². The fourth-order valence-electron chi connectivity index (χ4n) is 5.52. The normalized spacial score (nSPS) is 19.5. The number of carbonyl (C=O) groups excluding carboxylic acids is 1. The van der Waals surface area contributed by atoms with Crippen LogP contribution in [0.2, 0.25) is 0 Å². The van der Waals surface area contributed by atoms with Gasteiger partial charge in [-0.3, -0.25) is 9.48 Å². The topological polar surface area (TPSA) is 68.3 Å². The van der Waals surface area contributed by atoms with Crippen LogP contribution >= 0.6 is 0 Å². The molecule has 0 aliphatic carbocycles. The minimum Gasteiger partial charge on any atom is -0.325 e. The summed E-state index contributed by atoms with van der Waals surface area (Å²) >= 11 is 0. The number of amides is 1. The fraction of sp³-hybridized carbons (Fsp3) is 0.333. The highest BCUT2D eigenvalue weighted by molar-refractivity contribution is 5.98. The molecule has 0 spiro atoms. The zero-order chi connectivity index (χ0) is 23.7. The Morgan fingerprint density at radius 1 is 1.15 bits per heavy atom. The number of rotatable bonds is 2. The lowest BCUT2D eigenvalue weighted by molar-refractivity contribution is 0.0387. The first kappa shape index (κ1) is 20.9. The summed E-state index contributed by atoms with van der Waals surface area (Å²) in [5.41, 5.74) is 3.90. The van der Waals surface area contributed by atoms with Crippen molar-refractivity contribution in [2.75, 3.05) is 0 Å². The molecule has 0 saturated carbocycles. The van der Waals surface area contributed by atoms with Gasteiger partial charge in [-0.15, -0.1) is 0 Å². The Morgan fingerprint density at radius 3 is 2.68 bits per heavy atom. The Bertz CT molecular complexity index is 1450. The molecule has 1 amide bonds. The Kier molecular flexibility index (Phi) is 4.55. The van der Waals surface area contributed by atoms with Crippen LogP contribution < -0.4 is 0 Å². The molecule has 1 fully saturated rings. The van der Waals surface area contributed by atoms with Gasteiger partial charge in [0.2, 0.25) is 0 Å². The van der Waals surface area contributed by atoms with Crippen molar-refractivity contribution in [1.82, 2.24) is 29.0 Å². The van der Waals surface area contributed by atoms with Crippen LogP contribution in [0, 0.1) is 24.4 Å². The molecule has 0 radical (unpaired) electrons. The van der Waals surface area contributed by atoms with Gasteiger partial charge < -0.3 is 9.30 Å². The molecule has 2 bridgehead atoms. The van der Waals surface area contributed by atoms with Crippen LogP contribution in [0.1, 0.15) is 52.7 Å². The molecule has 34 heavy (non-hydrogen) atoms. The number of piperidine rings is 1. The number of aromatic nitrogens is 5. The van der Waals surface area contributed by atoms with E-state index in [1.807, 2.05) is 18.0 Å². The van der Waals surface area contributed by atoms with E-state index in [2.05, 4.69) is 15.1 Å². The molecule has 3 aromatic heterocycles. The second-order valence-corrected chi connectivity index (χ2v) is 9.00. The molecule has 0 N–H and O–H groups in total. The first-order chi connectivity index (χ1) is 16.3. The summed E-state index contributed by atoms with van der Waals surface area (Å²) in [7, 11) is 1.69. The molecular weight excluding hydrogens is 445 g/mol. The number of aryl methyl sites for hydroxylation is 2. The summed E-state index contributed by atoms with van der Waals surface area (Å²) in [5.74, 6) is -4.19. The van der Waals surface area contributed by atoms with Gasteiger partial charge in [0.05, 0.1) is 23.1 Å². The number of carbonyl (C=O) groups is 1. The van der Waals surface area contributed by atoms with E-state index < -0.39 is 17.5 Å². The summed E-state index contributed by atoms with van der Waals surface area (Å²) in [4.78, 5) is 24.5. The summed E-state index contributed by atoms with van der Waals surface area (Å²) in [5, 5.41) is 4.67. The third-order valence-electron chi connectivity index (χ3n) is 6.87. The Morgan fingerprint density at radius 2 is 1.91 bits per heavy atom. The Labute approximate surface area is 192 Å². The zero-order valence-corrected chi connectivity index (χ0v) is 18.6. The molecule has 174 valence electrons. The fourth-order valence-corrected chi connectivity index (χ4v) is 5.52. The van der Waals surface area contributed by atoms with E-state index in [9.17, 15) is 18.0 Å². The quantitative estimate of drug-likeness (QED) is 0.417. The third-order valence-corrected chi connectivity index (χ3v) is 6.87.